The molecule has 2 aromatic carbocycles. The third kappa shape index (κ3) is 6.54. The van der Waals surface area contributed by atoms with Gasteiger partial charge in [-0.25, -0.2) is 8.78 Å². The van der Waals surface area contributed by atoms with Gasteiger partial charge in [0, 0.05) is 23.8 Å². The van der Waals surface area contributed by atoms with Crippen LogP contribution in [-0.4, -0.2) is 12.0 Å². The molecule has 0 aliphatic heterocycles. The molecule has 0 saturated heterocycles. The molecule has 0 bridgehead atoms. The third-order valence-electron chi connectivity index (χ3n) is 7.65. The van der Waals surface area contributed by atoms with Crippen LogP contribution < -0.4 is 10.2 Å². The van der Waals surface area contributed by atoms with Gasteiger partial charge in [0.15, 0.2) is 0 Å². The van der Waals surface area contributed by atoms with E-state index in [1.165, 1.54) is 42.5 Å². The van der Waals surface area contributed by atoms with Crippen molar-refractivity contribution in [3.8, 4) is 0 Å². The molecule has 0 heterocycles. The summed E-state index contributed by atoms with van der Waals surface area (Å²) in [5, 5.41) is 3.50. The van der Waals surface area contributed by atoms with Crippen molar-refractivity contribution in [2.75, 3.05) is 10.2 Å². The van der Waals surface area contributed by atoms with Gasteiger partial charge in [0.25, 0.3) is 0 Å². The fraction of sp³-hybridized carbons (Fsp3) is 0.484. The Balaban J connectivity index is 1.59. The number of alkyl halides is 2. The summed E-state index contributed by atoms with van der Waals surface area (Å²) in [6.45, 7) is 13.9. The number of halogens is 2. The number of hydrogen-bond acceptors (Lipinski definition) is 2. The molecule has 2 aliphatic carbocycles. The van der Waals surface area contributed by atoms with Crippen LogP contribution in [0.3, 0.4) is 0 Å². The van der Waals surface area contributed by atoms with Crippen LogP contribution in [-0.2, 0) is 12.8 Å². The maximum Gasteiger partial charge on any atom is 0.249 e. The number of rotatable bonds is 10. The molecule has 2 nitrogen and oxygen atoms in total. The smallest absolute Gasteiger partial charge is 0.249 e. The van der Waals surface area contributed by atoms with Crippen molar-refractivity contribution >= 4 is 11.4 Å². The monoisotopic (exact) mass is 478 g/mol. The maximum atomic E-state index is 13.4. The number of aryl methyl sites for hydroxylation is 2. The number of anilines is 2. The van der Waals surface area contributed by atoms with Gasteiger partial charge in [-0.15, -0.1) is 6.58 Å². The summed E-state index contributed by atoms with van der Waals surface area (Å²) in [4.78, 5) is 2.41. The fourth-order valence-corrected chi connectivity index (χ4v) is 6.00. The van der Waals surface area contributed by atoms with Crippen molar-refractivity contribution < 1.29 is 8.78 Å². The number of allylic oxidation sites excluding steroid dienone is 1. The minimum absolute atomic E-state index is 0.250. The first-order chi connectivity index (χ1) is 16.6. The zero-order valence-electron chi connectivity index (χ0n) is 21.5. The molecular weight excluding hydrogens is 438 g/mol. The average molecular weight is 479 g/mol. The predicted molar refractivity (Wildman–Crippen MR) is 144 cm³/mol. The second-order valence-corrected chi connectivity index (χ2v) is 11.2. The van der Waals surface area contributed by atoms with Gasteiger partial charge in [-0.05, 0) is 105 Å². The third-order valence-corrected chi connectivity index (χ3v) is 7.65. The molecular formula is C31H40F2N2. The van der Waals surface area contributed by atoms with Crippen molar-refractivity contribution in [1.82, 2.24) is 0 Å². The average Bonchev–Trinajstić information content (AvgIpc) is 3.51. The lowest BCUT2D eigenvalue weighted by Crippen LogP contribution is -2.43. The summed E-state index contributed by atoms with van der Waals surface area (Å²) in [6.07, 6.45) is 10.0. The number of benzene rings is 2. The zero-order chi connectivity index (χ0) is 25.2. The van der Waals surface area contributed by atoms with Gasteiger partial charge in [0.1, 0.15) is 5.82 Å². The van der Waals surface area contributed by atoms with Crippen LogP contribution in [0.1, 0.15) is 69.1 Å². The van der Waals surface area contributed by atoms with E-state index in [0.717, 1.165) is 37.7 Å². The molecule has 0 amide bonds. The minimum atomic E-state index is -2.71. The summed E-state index contributed by atoms with van der Waals surface area (Å²) in [5.74, 6) is -1.18. The Labute approximate surface area is 210 Å². The van der Waals surface area contributed by atoms with Gasteiger partial charge in [-0.1, -0.05) is 43.8 Å². The normalized spacial score (nSPS) is 20.9. The quantitative estimate of drug-likeness (QED) is 0.344. The first-order valence-corrected chi connectivity index (χ1v) is 13.0. The van der Waals surface area contributed by atoms with Crippen molar-refractivity contribution in [1.29, 1.82) is 0 Å². The van der Waals surface area contributed by atoms with Crippen LogP contribution in [0.2, 0.25) is 0 Å². The van der Waals surface area contributed by atoms with Crippen LogP contribution in [0.15, 0.2) is 67.5 Å². The summed E-state index contributed by atoms with van der Waals surface area (Å²) in [7, 11) is 0. The standard InChI is InChI=1S/C31H40F2N2/c1-6-7-8-25-11-14-29(23(3)18-25)35(28-17-22(2)19-31(21-28)15-16-31)24(4)34-27-12-9-26(10-13-27)20-30(5,32)33/h6,9-14,18,22,28,34H,1,4,7-8,15-17,19-21H2,2-3,5H3. The van der Waals surface area contributed by atoms with Crippen molar-refractivity contribution in [3.05, 3.63) is 84.2 Å². The van der Waals surface area contributed by atoms with E-state index in [0.29, 0.717) is 22.9 Å². The SMILES string of the molecule is C=CCCc1ccc(N(C(=C)Nc2ccc(CC(C)(F)F)cc2)C2CC(C)CC3(CC3)C2)c(C)c1. The summed E-state index contributed by atoms with van der Waals surface area (Å²) in [5.41, 5.74) is 5.77. The molecule has 2 aliphatic rings. The Kier molecular flexibility index (Phi) is 7.40. The topological polar surface area (TPSA) is 15.3 Å². The van der Waals surface area contributed by atoms with Gasteiger partial charge in [0.2, 0.25) is 5.92 Å². The Morgan fingerprint density at radius 1 is 1.14 bits per heavy atom. The molecule has 2 unspecified atom stereocenters. The van der Waals surface area contributed by atoms with Gasteiger partial charge < -0.3 is 10.2 Å². The molecule has 1 N–H and O–H groups in total. The van der Waals surface area contributed by atoms with Crippen LogP contribution in [0, 0.1) is 18.3 Å². The molecule has 0 radical (unpaired) electrons. The van der Waals surface area contributed by atoms with E-state index in [9.17, 15) is 8.78 Å². The lowest BCUT2D eigenvalue weighted by atomic mass is 9.76. The van der Waals surface area contributed by atoms with Crippen LogP contribution >= 0.6 is 0 Å². The predicted octanol–water partition coefficient (Wildman–Crippen LogP) is 8.67. The molecule has 35 heavy (non-hydrogen) atoms. The highest BCUT2D eigenvalue weighted by Gasteiger charge is 2.49. The summed E-state index contributed by atoms with van der Waals surface area (Å²) >= 11 is 0. The summed E-state index contributed by atoms with van der Waals surface area (Å²) < 4.78 is 26.8. The molecule has 2 atom stereocenters. The lowest BCUT2D eigenvalue weighted by molar-refractivity contribution is 0.0226. The zero-order valence-corrected chi connectivity index (χ0v) is 21.5. The number of hydrogen-bond donors (Lipinski definition) is 1. The Bertz CT molecular complexity index is 1050. The van der Waals surface area contributed by atoms with Crippen molar-refractivity contribution in [3.63, 3.8) is 0 Å². The Morgan fingerprint density at radius 2 is 1.83 bits per heavy atom. The Hall–Kier alpha value is -2.62. The Morgan fingerprint density at radius 3 is 2.43 bits per heavy atom. The highest BCUT2D eigenvalue weighted by Crippen LogP contribution is 2.58. The van der Waals surface area contributed by atoms with Crippen molar-refractivity contribution in [2.24, 2.45) is 11.3 Å². The van der Waals surface area contributed by atoms with Gasteiger partial charge in [0.05, 0.1) is 0 Å². The van der Waals surface area contributed by atoms with E-state index >= 15 is 0 Å². The second-order valence-electron chi connectivity index (χ2n) is 11.2. The maximum absolute atomic E-state index is 13.4. The largest absolute Gasteiger partial charge is 0.342 e. The molecule has 4 rings (SSSR count). The first-order valence-electron chi connectivity index (χ1n) is 13.0. The molecule has 2 saturated carbocycles. The van der Waals surface area contributed by atoms with Crippen LogP contribution in [0.25, 0.3) is 0 Å². The van der Waals surface area contributed by atoms with Gasteiger partial charge in [-0.2, -0.15) is 0 Å². The summed E-state index contributed by atoms with van der Waals surface area (Å²) in [6, 6.07) is 14.5. The van der Waals surface area contributed by atoms with E-state index in [1.807, 2.05) is 18.2 Å². The fourth-order valence-electron chi connectivity index (χ4n) is 6.00. The molecule has 2 aromatic rings. The van der Waals surface area contributed by atoms with E-state index < -0.39 is 5.92 Å². The lowest BCUT2D eigenvalue weighted by Gasteiger charge is -2.43. The molecule has 188 valence electrons. The van der Waals surface area contributed by atoms with Gasteiger partial charge >= 0.3 is 0 Å². The number of nitrogens with one attached hydrogen (secondary N) is 1. The molecule has 4 heteroatoms. The minimum Gasteiger partial charge on any atom is -0.342 e. The van der Waals surface area contributed by atoms with Crippen LogP contribution in [0.5, 0.6) is 0 Å². The first kappa shape index (κ1) is 25.5. The number of nitrogens with zero attached hydrogens (tertiary/aromatic N) is 1. The highest BCUT2D eigenvalue weighted by molar-refractivity contribution is 5.63. The van der Waals surface area contributed by atoms with E-state index in [1.54, 1.807) is 12.1 Å². The molecule has 2 fully saturated rings. The van der Waals surface area contributed by atoms with E-state index in [-0.39, 0.29) is 6.42 Å². The molecule has 1 spiro atoms. The van der Waals surface area contributed by atoms with Crippen LogP contribution in [0.4, 0.5) is 20.2 Å². The van der Waals surface area contributed by atoms with E-state index in [2.05, 4.69) is 55.4 Å². The van der Waals surface area contributed by atoms with Gasteiger partial charge in [-0.3, -0.25) is 0 Å². The molecule has 0 aromatic heterocycles. The second kappa shape index (κ2) is 10.2. The highest BCUT2D eigenvalue weighted by atomic mass is 19.3. The van der Waals surface area contributed by atoms with E-state index in [4.69, 9.17) is 0 Å². The van der Waals surface area contributed by atoms with Crippen molar-refractivity contribution in [2.45, 2.75) is 84.1 Å².